The molecule has 0 aliphatic carbocycles. The number of nitrogens with one attached hydrogen (secondary N) is 1. The van der Waals surface area contributed by atoms with Gasteiger partial charge in [0.25, 0.3) is 5.91 Å². The van der Waals surface area contributed by atoms with Gasteiger partial charge in [-0.3, -0.25) is 9.48 Å². The predicted octanol–water partition coefficient (Wildman–Crippen LogP) is 2.89. The van der Waals surface area contributed by atoms with E-state index in [0.29, 0.717) is 17.9 Å². The van der Waals surface area contributed by atoms with Crippen LogP contribution in [0.4, 0.5) is 5.82 Å². The number of carbonyl (C=O) groups is 1. The number of nitrogens with zero attached hydrogens (tertiary/aromatic N) is 3. The zero-order valence-corrected chi connectivity index (χ0v) is 12.2. The van der Waals surface area contributed by atoms with Gasteiger partial charge in [-0.05, 0) is 24.1 Å². The van der Waals surface area contributed by atoms with E-state index in [2.05, 4.69) is 15.4 Å². The lowest BCUT2D eigenvalue weighted by molar-refractivity contribution is 0.102. The molecule has 2 heterocycles. The van der Waals surface area contributed by atoms with Gasteiger partial charge in [-0.1, -0.05) is 36.4 Å². The molecule has 0 unspecified atom stereocenters. The van der Waals surface area contributed by atoms with Crippen LogP contribution in [-0.2, 0) is 6.54 Å². The lowest BCUT2D eigenvalue weighted by Gasteiger charge is -2.03. The highest BCUT2D eigenvalue weighted by Gasteiger charge is 2.09. The molecule has 1 amide bonds. The van der Waals surface area contributed by atoms with E-state index in [9.17, 15) is 4.79 Å². The van der Waals surface area contributed by atoms with Crippen molar-refractivity contribution in [1.82, 2.24) is 14.8 Å². The van der Waals surface area contributed by atoms with Crippen LogP contribution in [0.5, 0.6) is 0 Å². The third-order valence-electron chi connectivity index (χ3n) is 3.24. The molecule has 0 aliphatic heterocycles. The van der Waals surface area contributed by atoms with E-state index in [1.165, 1.54) is 0 Å². The number of aryl methyl sites for hydroxylation is 1. The van der Waals surface area contributed by atoms with Gasteiger partial charge in [-0.15, -0.1) is 0 Å². The molecule has 0 radical (unpaired) electrons. The first-order valence-corrected chi connectivity index (χ1v) is 7.01. The van der Waals surface area contributed by atoms with Crippen molar-refractivity contribution in [2.75, 3.05) is 5.32 Å². The van der Waals surface area contributed by atoms with Crippen molar-refractivity contribution >= 4 is 11.7 Å². The van der Waals surface area contributed by atoms with Gasteiger partial charge >= 0.3 is 0 Å². The van der Waals surface area contributed by atoms with Crippen LogP contribution >= 0.6 is 0 Å². The maximum Gasteiger partial charge on any atom is 0.260 e. The lowest BCUT2D eigenvalue weighted by Crippen LogP contribution is -2.12. The van der Waals surface area contributed by atoms with E-state index < -0.39 is 0 Å². The minimum atomic E-state index is -0.212. The van der Waals surface area contributed by atoms with Crippen LogP contribution in [0.25, 0.3) is 0 Å². The molecular formula is C17H16N4O. The fourth-order valence-electron chi connectivity index (χ4n) is 2.07. The van der Waals surface area contributed by atoms with Crippen molar-refractivity contribution < 1.29 is 4.79 Å². The van der Waals surface area contributed by atoms with Gasteiger partial charge in [-0.2, -0.15) is 5.10 Å². The molecule has 5 nitrogen and oxygen atoms in total. The molecular weight excluding hydrogens is 276 g/mol. The molecule has 1 aromatic carbocycles. The van der Waals surface area contributed by atoms with E-state index in [1.807, 2.05) is 43.3 Å². The first-order chi connectivity index (χ1) is 10.7. The topological polar surface area (TPSA) is 59.8 Å². The maximum atomic E-state index is 12.2. The molecule has 3 rings (SSSR count). The summed E-state index contributed by atoms with van der Waals surface area (Å²) >= 11 is 0. The summed E-state index contributed by atoms with van der Waals surface area (Å²) in [6.45, 7) is 2.59. The van der Waals surface area contributed by atoms with Crippen LogP contribution in [0.15, 0.2) is 61.1 Å². The number of anilines is 1. The zero-order chi connectivity index (χ0) is 15.4. The van der Waals surface area contributed by atoms with Crippen molar-refractivity contribution in [3.05, 3.63) is 77.7 Å². The van der Waals surface area contributed by atoms with Crippen LogP contribution in [0.2, 0.25) is 0 Å². The Morgan fingerprint density at radius 2 is 1.95 bits per heavy atom. The summed E-state index contributed by atoms with van der Waals surface area (Å²) < 4.78 is 1.74. The lowest BCUT2D eigenvalue weighted by atomic mass is 10.2. The van der Waals surface area contributed by atoms with E-state index >= 15 is 0 Å². The van der Waals surface area contributed by atoms with E-state index in [1.54, 1.807) is 29.3 Å². The highest BCUT2D eigenvalue weighted by atomic mass is 16.1. The van der Waals surface area contributed by atoms with Crippen LogP contribution in [-0.4, -0.2) is 20.7 Å². The average molecular weight is 292 g/mol. The number of amides is 1. The molecule has 3 aromatic rings. The Morgan fingerprint density at radius 1 is 1.14 bits per heavy atom. The molecule has 110 valence electrons. The minimum absolute atomic E-state index is 0.212. The number of rotatable bonds is 4. The Labute approximate surface area is 128 Å². The summed E-state index contributed by atoms with van der Waals surface area (Å²) in [4.78, 5) is 16.3. The summed E-state index contributed by atoms with van der Waals surface area (Å²) in [7, 11) is 0. The maximum absolute atomic E-state index is 12.2. The summed E-state index contributed by atoms with van der Waals surface area (Å²) in [5.74, 6) is 0.321. The fraction of sp³-hybridized carbons (Fsp3) is 0.118. The number of hydrogen-bond acceptors (Lipinski definition) is 3. The van der Waals surface area contributed by atoms with Gasteiger partial charge in [0.2, 0.25) is 0 Å². The average Bonchev–Trinajstić information content (AvgIpc) is 2.99. The van der Waals surface area contributed by atoms with E-state index in [4.69, 9.17) is 0 Å². The Bertz CT molecular complexity index is 763. The van der Waals surface area contributed by atoms with Gasteiger partial charge in [-0.25, -0.2) is 4.98 Å². The van der Waals surface area contributed by atoms with Gasteiger partial charge in [0.05, 0.1) is 18.3 Å². The molecule has 0 saturated carbocycles. The van der Waals surface area contributed by atoms with E-state index in [0.717, 1.165) is 11.1 Å². The monoisotopic (exact) mass is 292 g/mol. The molecule has 0 spiro atoms. The molecule has 0 bridgehead atoms. The Kier molecular flexibility index (Phi) is 3.96. The molecule has 0 atom stereocenters. The second-order valence-electron chi connectivity index (χ2n) is 5.09. The quantitative estimate of drug-likeness (QED) is 0.804. The largest absolute Gasteiger partial charge is 0.306 e. The summed E-state index contributed by atoms with van der Waals surface area (Å²) in [6.07, 6.45) is 5.01. The van der Waals surface area contributed by atoms with Crippen LogP contribution in [0.1, 0.15) is 21.5 Å². The number of aromatic nitrogens is 3. The van der Waals surface area contributed by atoms with Crippen molar-refractivity contribution in [2.24, 2.45) is 0 Å². The highest BCUT2D eigenvalue weighted by molar-refractivity contribution is 6.03. The molecule has 0 aliphatic rings. The molecule has 1 N–H and O–H groups in total. The van der Waals surface area contributed by atoms with Crippen LogP contribution in [0.3, 0.4) is 0 Å². The first-order valence-electron chi connectivity index (χ1n) is 7.01. The Hall–Kier alpha value is -2.95. The molecule has 5 heteroatoms. The predicted molar refractivity (Wildman–Crippen MR) is 84.7 cm³/mol. The van der Waals surface area contributed by atoms with Gasteiger partial charge < -0.3 is 5.32 Å². The molecule has 0 saturated heterocycles. The minimum Gasteiger partial charge on any atom is -0.306 e. The van der Waals surface area contributed by atoms with Gasteiger partial charge in [0, 0.05) is 12.4 Å². The van der Waals surface area contributed by atoms with Crippen molar-refractivity contribution in [2.45, 2.75) is 13.5 Å². The SMILES string of the molecule is Cc1ccc(NC(=O)c2cnn(Cc3ccccc3)c2)nc1. The molecule has 2 aromatic heterocycles. The second kappa shape index (κ2) is 6.22. The standard InChI is InChI=1S/C17H16N4O/c1-13-7-8-16(18-9-13)20-17(22)15-10-19-21(12-15)11-14-5-3-2-4-6-14/h2-10,12H,11H2,1H3,(H,18,20,22). The second-order valence-corrected chi connectivity index (χ2v) is 5.09. The van der Waals surface area contributed by atoms with Crippen molar-refractivity contribution in [3.63, 3.8) is 0 Å². The fourth-order valence-corrected chi connectivity index (χ4v) is 2.07. The van der Waals surface area contributed by atoms with E-state index in [-0.39, 0.29) is 5.91 Å². The zero-order valence-electron chi connectivity index (χ0n) is 12.2. The number of benzene rings is 1. The Morgan fingerprint density at radius 3 is 2.68 bits per heavy atom. The van der Waals surface area contributed by atoms with Crippen molar-refractivity contribution in [3.8, 4) is 0 Å². The molecule has 22 heavy (non-hydrogen) atoms. The summed E-state index contributed by atoms with van der Waals surface area (Å²) in [6, 6.07) is 13.7. The number of pyridine rings is 1. The summed E-state index contributed by atoms with van der Waals surface area (Å²) in [5, 5.41) is 6.98. The van der Waals surface area contributed by atoms with Crippen LogP contribution in [0, 0.1) is 6.92 Å². The smallest absolute Gasteiger partial charge is 0.260 e. The summed E-state index contributed by atoms with van der Waals surface area (Å²) in [5.41, 5.74) is 2.70. The first kappa shape index (κ1) is 14.0. The Balaban J connectivity index is 1.67. The highest BCUT2D eigenvalue weighted by Crippen LogP contribution is 2.08. The van der Waals surface area contributed by atoms with Gasteiger partial charge in [0.15, 0.2) is 0 Å². The number of carbonyl (C=O) groups excluding carboxylic acids is 1. The third kappa shape index (κ3) is 3.38. The normalized spacial score (nSPS) is 10.4. The van der Waals surface area contributed by atoms with Crippen molar-refractivity contribution in [1.29, 1.82) is 0 Å². The van der Waals surface area contributed by atoms with Crippen LogP contribution < -0.4 is 5.32 Å². The molecule has 0 fully saturated rings. The van der Waals surface area contributed by atoms with Gasteiger partial charge in [0.1, 0.15) is 5.82 Å². The number of hydrogen-bond donors (Lipinski definition) is 1. The third-order valence-corrected chi connectivity index (χ3v) is 3.24.